The number of aliphatic hydroxyl groups is 1. The van der Waals surface area contributed by atoms with Crippen molar-refractivity contribution in [3.05, 3.63) is 63.1 Å². The number of aromatic nitrogens is 3. The van der Waals surface area contributed by atoms with Crippen LogP contribution in [0.15, 0.2) is 41.5 Å². The van der Waals surface area contributed by atoms with Crippen LogP contribution >= 0.6 is 11.3 Å². The van der Waals surface area contributed by atoms with Crippen molar-refractivity contribution in [2.24, 2.45) is 7.05 Å². The van der Waals surface area contributed by atoms with Crippen molar-refractivity contribution < 1.29 is 19.0 Å². The zero-order valence-corrected chi connectivity index (χ0v) is 21.8. The SMILES string of the molecule is Cc1cccnc1Oc1cc(C(F)C(C)(C)O)sc1-c1cn(C)c(=O)c2[nH]c(C(=O)NC(C)C)cc12. The van der Waals surface area contributed by atoms with Gasteiger partial charge in [-0.2, -0.15) is 0 Å². The van der Waals surface area contributed by atoms with Gasteiger partial charge in [0.05, 0.1) is 10.5 Å². The molecule has 0 fully saturated rings. The lowest BCUT2D eigenvalue weighted by molar-refractivity contribution is -0.00260. The van der Waals surface area contributed by atoms with E-state index in [1.165, 1.54) is 18.4 Å². The Morgan fingerprint density at radius 3 is 2.69 bits per heavy atom. The Labute approximate surface area is 211 Å². The normalized spacial score (nSPS) is 12.8. The molecule has 4 rings (SSSR count). The fourth-order valence-corrected chi connectivity index (χ4v) is 5.06. The molecular weight excluding hydrogens is 483 g/mol. The number of pyridine rings is 2. The van der Waals surface area contributed by atoms with Crippen LogP contribution in [0, 0.1) is 6.92 Å². The molecule has 3 N–H and O–H groups in total. The number of alkyl halides is 1. The molecule has 0 aliphatic rings. The number of hydrogen-bond acceptors (Lipinski definition) is 6. The van der Waals surface area contributed by atoms with Gasteiger partial charge in [-0.25, -0.2) is 9.37 Å². The lowest BCUT2D eigenvalue weighted by Gasteiger charge is -2.20. The highest BCUT2D eigenvalue weighted by atomic mass is 32.1. The molecule has 8 nitrogen and oxygen atoms in total. The molecule has 4 heterocycles. The first-order chi connectivity index (χ1) is 16.9. The summed E-state index contributed by atoms with van der Waals surface area (Å²) in [4.78, 5) is 33.6. The molecule has 0 saturated carbocycles. The minimum Gasteiger partial charge on any atom is -0.437 e. The molecule has 0 aromatic carbocycles. The van der Waals surface area contributed by atoms with Gasteiger partial charge in [0.15, 0.2) is 6.17 Å². The van der Waals surface area contributed by atoms with Gasteiger partial charge in [-0.05, 0) is 52.8 Å². The van der Waals surface area contributed by atoms with E-state index < -0.39 is 11.8 Å². The van der Waals surface area contributed by atoms with Crippen LogP contribution in [0.5, 0.6) is 11.6 Å². The van der Waals surface area contributed by atoms with E-state index in [2.05, 4.69) is 15.3 Å². The highest BCUT2D eigenvalue weighted by Gasteiger charge is 2.32. The zero-order chi connectivity index (χ0) is 26.4. The minimum atomic E-state index is -1.68. The van der Waals surface area contributed by atoms with E-state index in [1.54, 1.807) is 37.6 Å². The summed E-state index contributed by atoms with van der Waals surface area (Å²) in [7, 11) is 1.60. The summed E-state index contributed by atoms with van der Waals surface area (Å²) in [6.07, 6.45) is 1.55. The number of halogens is 1. The lowest BCUT2D eigenvalue weighted by atomic mass is 10.0. The van der Waals surface area contributed by atoms with Gasteiger partial charge in [-0.1, -0.05) is 6.07 Å². The molecule has 1 amide bonds. The quantitative estimate of drug-likeness (QED) is 0.323. The zero-order valence-electron chi connectivity index (χ0n) is 21.0. The number of rotatable bonds is 7. The monoisotopic (exact) mass is 512 g/mol. The maximum atomic E-state index is 15.2. The summed E-state index contributed by atoms with van der Waals surface area (Å²) in [5.41, 5.74) is -0.0711. The smallest absolute Gasteiger partial charge is 0.274 e. The fraction of sp³-hybridized carbons (Fsp3) is 0.346. The van der Waals surface area contributed by atoms with Crippen molar-refractivity contribution >= 4 is 28.1 Å². The van der Waals surface area contributed by atoms with Crippen molar-refractivity contribution in [3.63, 3.8) is 0 Å². The number of ether oxygens (including phenoxy) is 1. The average Bonchev–Trinajstić information content (AvgIpc) is 3.41. The highest BCUT2D eigenvalue weighted by Crippen LogP contribution is 2.47. The Morgan fingerprint density at radius 1 is 1.33 bits per heavy atom. The van der Waals surface area contributed by atoms with E-state index in [9.17, 15) is 14.7 Å². The number of thiophene rings is 1. The first kappa shape index (κ1) is 25.6. The third-order valence-electron chi connectivity index (χ3n) is 5.63. The van der Waals surface area contributed by atoms with Gasteiger partial charge < -0.3 is 24.7 Å². The Kier molecular flexibility index (Phi) is 6.76. The van der Waals surface area contributed by atoms with Crippen LogP contribution in [-0.2, 0) is 7.05 Å². The van der Waals surface area contributed by atoms with Crippen molar-refractivity contribution in [1.82, 2.24) is 19.9 Å². The summed E-state index contributed by atoms with van der Waals surface area (Å²) < 4.78 is 22.8. The van der Waals surface area contributed by atoms with Gasteiger partial charge in [0.1, 0.15) is 17.0 Å². The first-order valence-corrected chi connectivity index (χ1v) is 12.3. The van der Waals surface area contributed by atoms with Crippen LogP contribution in [0.25, 0.3) is 21.3 Å². The second-order valence-electron chi connectivity index (χ2n) is 9.64. The molecule has 1 atom stereocenters. The molecule has 4 aromatic rings. The molecule has 36 heavy (non-hydrogen) atoms. The van der Waals surface area contributed by atoms with Crippen molar-refractivity contribution in [3.8, 4) is 22.1 Å². The summed E-state index contributed by atoms with van der Waals surface area (Å²) in [6.45, 7) is 8.34. The van der Waals surface area contributed by atoms with Gasteiger partial charge in [0.25, 0.3) is 11.5 Å². The van der Waals surface area contributed by atoms with Gasteiger partial charge in [-0.15, -0.1) is 11.3 Å². The number of H-pyrrole nitrogens is 1. The number of hydrogen-bond donors (Lipinski definition) is 3. The Hall–Kier alpha value is -3.50. The molecule has 0 spiro atoms. The second kappa shape index (κ2) is 9.51. The number of aromatic amines is 1. The Balaban J connectivity index is 1.94. The van der Waals surface area contributed by atoms with Gasteiger partial charge in [0, 0.05) is 46.9 Å². The number of aryl methyl sites for hydroxylation is 2. The summed E-state index contributed by atoms with van der Waals surface area (Å²) in [6, 6.07) is 6.71. The molecule has 190 valence electrons. The highest BCUT2D eigenvalue weighted by molar-refractivity contribution is 7.16. The van der Waals surface area contributed by atoms with Crippen molar-refractivity contribution in [1.29, 1.82) is 0 Å². The van der Waals surface area contributed by atoms with Gasteiger partial charge >= 0.3 is 0 Å². The van der Waals surface area contributed by atoms with Crippen LogP contribution in [0.3, 0.4) is 0 Å². The van der Waals surface area contributed by atoms with E-state index in [1.807, 2.05) is 26.8 Å². The Bertz CT molecular complexity index is 1500. The molecule has 0 saturated heterocycles. The largest absolute Gasteiger partial charge is 0.437 e. The molecule has 0 aliphatic carbocycles. The first-order valence-electron chi connectivity index (χ1n) is 11.5. The van der Waals surface area contributed by atoms with E-state index in [4.69, 9.17) is 4.74 Å². The third-order valence-corrected chi connectivity index (χ3v) is 6.81. The predicted octanol–water partition coefficient (Wildman–Crippen LogP) is 5.01. The topological polar surface area (TPSA) is 109 Å². The maximum absolute atomic E-state index is 15.2. The molecule has 0 aliphatic heterocycles. The van der Waals surface area contributed by atoms with Gasteiger partial charge in [-0.3, -0.25) is 9.59 Å². The fourth-order valence-electron chi connectivity index (χ4n) is 3.79. The summed E-state index contributed by atoms with van der Waals surface area (Å²) >= 11 is 1.11. The number of amides is 1. The Morgan fingerprint density at radius 2 is 2.06 bits per heavy atom. The number of carbonyl (C=O) groups is 1. The van der Waals surface area contributed by atoms with Crippen molar-refractivity contribution in [2.45, 2.75) is 52.4 Å². The van der Waals surface area contributed by atoms with Crippen molar-refractivity contribution in [2.75, 3.05) is 0 Å². The lowest BCUT2D eigenvalue weighted by Crippen LogP contribution is -2.30. The predicted molar refractivity (Wildman–Crippen MR) is 139 cm³/mol. The van der Waals surface area contributed by atoms with E-state index >= 15 is 4.39 Å². The minimum absolute atomic E-state index is 0.0870. The van der Waals surface area contributed by atoms with E-state index in [-0.39, 0.29) is 33.6 Å². The molecule has 10 heteroatoms. The second-order valence-corrected chi connectivity index (χ2v) is 10.7. The molecule has 0 radical (unpaired) electrons. The number of fused-ring (bicyclic) bond motifs is 1. The summed E-state index contributed by atoms with van der Waals surface area (Å²) in [5, 5.41) is 13.6. The molecule has 1 unspecified atom stereocenters. The van der Waals surface area contributed by atoms with Crippen LogP contribution in [0.4, 0.5) is 4.39 Å². The van der Waals surface area contributed by atoms with Crippen LogP contribution in [0.2, 0.25) is 0 Å². The maximum Gasteiger partial charge on any atom is 0.274 e. The van der Waals surface area contributed by atoms with Crippen LogP contribution in [-0.4, -0.2) is 37.2 Å². The van der Waals surface area contributed by atoms with E-state index in [0.29, 0.717) is 27.5 Å². The number of carbonyl (C=O) groups excluding carboxylic acids is 1. The van der Waals surface area contributed by atoms with E-state index in [0.717, 1.165) is 16.9 Å². The molecule has 4 aromatic heterocycles. The third kappa shape index (κ3) is 4.91. The number of nitrogens with zero attached hydrogens (tertiary/aromatic N) is 2. The average molecular weight is 513 g/mol. The number of nitrogens with one attached hydrogen (secondary N) is 2. The van der Waals surface area contributed by atoms with Crippen LogP contribution < -0.4 is 15.6 Å². The standard InChI is InChI=1S/C26H29FN4O4S/c1-13(2)29-23(32)17-10-15-16(12-31(6)25(33)20(15)30-17)21-18(35-24-14(3)8-7-9-28-24)11-19(36-21)22(27)26(4,5)34/h7-13,22,30,34H,1-6H3,(H,29,32). The molecular formula is C26H29FN4O4S. The van der Waals surface area contributed by atoms with Gasteiger partial charge in [0.2, 0.25) is 5.88 Å². The summed E-state index contributed by atoms with van der Waals surface area (Å²) in [5.74, 6) is 0.347. The molecule has 0 bridgehead atoms. The van der Waals surface area contributed by atoms with Crippen LogP contribution in [0.1, 0.15) is 54.8 Å².